The van der Waals surface area contributed by atoms with Crippen LogP contribution in [0.25, 0.3) is 0 Å². The van der Waals surface area contributed by atoms with Crippen molar-refractivity contribution in [1.82, 2.24) is 0 Å². The average Bonchev–Trinajstić information content (AvgIpc) is 2.30. The fourth-order valence-corrected chi connectivity index (χ4v) is 1.31. The predicted molar refractivity (Wildman–Crippen MR) is 59.7 cm³/mol. The molecule has 1 rings (SSSR count). The van der Waals surface area contributed by atoms with E-state index >= 15 is 0 Å². The van der Waals surface area contributed by atoms with Crippen molar-refractivity contribution < 1.29 is 13.9 Å². The molecule has 1 atom stereocenters. The lowest BCUT2D eigenvalue weighted by atomic mass is 10.2. The van der Waals surface area contributed by atoms with Gasteiger partial charge in [0.25, 0.3) is 5.91 Å². The van der Waals surface area contributed by atoms with Gasteiger partial charge in [-0.3, -0.25) is 4.79 Å². The first-order valence-corrected chi connectivity index (χ1v) is 4.86. The Morgan fingerprint density at radius 2 is 2.06 bits per heavy atom. The molecular weight excluding hydrogens is 211 g/mol. The fourth-order valence-electron chi connectivity index (χ4n) is 1.31. The van der Waals surface area contributed by atoms with Crippen LogP contribution < -0.4 is 10.6 Å². The molecule has 0 aromatic heterocycles. The molecule has 0 saturated carbocycles. The van der Waals surface area contributed by atoms with Gasteiger partial charge in [-0.05, 0) is 24.3 Å². The Kier molecular flexibility index (Phi) is 4.39. The van der Waals surface area contributed by atoms with E-state index in [4.69, 9.17) is 10.5 Å². The molecule has 88 valence electrons. The lowest BCUT2D eigenvalue weighted by Gasteiger charge is -2.21. The van der Waals surface area contributed by atoms with Crippen LogP contribution in [-0.4, -0.2) is 32.7 Å². The van der Waals surface area contributed by atoms with Gasteiger partial charge >= 0.3 is 0 Å². The first-order chi connectivity index (χ1) is 7.60. The van der Waals surface area contributed by atoms with Gasteiger partial charge in [-0.1, -0.05) is 0 Å². The van der Waals surface area contributed by atoms with Crippen LogP contribution in [0.4, 0.5) is 10.1 Å². The van der Waals surface area contributed by atoms with E-state index < -0.39 is 6.10 Å². The van der Waals surface area contributed by atoms with E-state index in [0.29, 0.717) is 5.69 Å². The lowest BCUT2D eigenvalue weighted by Crippen LogP contribution is -2.41. The highest BCUT2D eigenvalue weighted by Crippen LogP contribution is 2.14. The van der Waals surface area contributed by atoms with E-state index in [1.807, 2.05) is 0 Å². The summed E-state index contributed by atoms with van der Waals surface area (Å²) in [6.45, 7) is 0.112. The van der Waals surface area contributed by atoms with Crippen molar-refractivity contribution in [3.63, 3.8) is 0 Å². The fraction of sp³-hybridized carbons (Fsp3) is 0.364. The molecule has 0 bridgehead atoms. The Morgan fingerprint density at radius 1 is 1.50 bits per heavy atom. The molecule has 4 nitrogen and oxygen atoms in total. The van der Waals surface area contributed by atoms with Gasteiger partial charge in [-0.2, -0.15) is 0 Å². The molecule has 0 fully saturated rings. The number of anilines is 1. The number of likely N-dealkylation sites (N-methyl/N-ethyl adjacent to an activating group) is 1. The van der Waals surface area contributed by atoms with Crippen molar-refractivity contribution in [1.29, 1.82) is 0 Å². The number of hydrogen-bond acceptors (Lipinski definition) is 3. The summed E-state index contributed by atoms with van der Waals surface area (Å²) in [5, 5.41) is 0. The zero-order chi connectivity index (χ0) is 12.1. The molecule has 0 spiro atoms. The van der Waals surface area contributed by atoms with Gasteiger partial charge in [-0.15, -0.1) is 0 Å². The quantitative estimate of drug-likeness (QED) is 0.824. The molecule has 0 radical (unpaired) electrons. The molecule has 0 aliphatic carbocycles. The summed E-state index contributed by atoms with van der Waals surface area (Å²) in [6.07, 6.45) is -0.671. The maximum Gasteiger partial charge on any atom is 0.257 e. The standard InChI is InChI=1S/C11H15FN2O2/c1-14(11(15)10(7-13)16-2)9-5-3-8(12)4-6-9/h3-6,10H,7,13H2,1-2H3. The summed E-state index contributed by atoms with van der Waals surface area (Å²) in [5.74, 6) is -0.594. The van der Waals surface area contributed by atoms with Crippen LogP contribution in [0.2, 0.25) is 0 Å². The molecule has 1 aromatic carbocycles. The van der Waals surface area contributed by atoms with Gasteiger partial charge in [0.2, 0.25) is 0 Å². The number of rotatable bonds is 4. The number of halogens is 1. The van der Waals surface area contributed by atoms with Gasteiger partial charge in [0.1, 0.15) is 11.9 Å². The largest absolute Gasteiger partial charge is 0.370 e. The van der Waals surface area contributed by atoms with Crippen LogP contribution in [0.1, 0.15) is 0 Å². The van der Waals surface area contributed by atoms with Crippen molar-refractivity contribution in [2.24, 2.45) is 5.73 Å². The van der Waals surface area contributed by atoms with E-state index in [2.05, 4.69) is 0 Å². The summed E-state index contributed by atoms with van der Waals surface area (Å²) in [6, 6.07) is 5.64. The molecule has 1 amide bonds. The SMILES string of the molecule is COC(CN)C(=O)N(C)c1ccc(F)cc1. The summed E-state index contributed by atoms with van der Waals surface area (Å²) >= 11 is 0. The zero-order valence-corrected chi connectivity index (χ0v) is 9.31. The first kappa shape index (κ1) is 12.6. The second-order valence-corrected chi connectivity index (χ2v) is 3.33. The van der Waals surface area contributed by atoms with Crippen LogP contribution in [0, 0.1) is 5.82 Å². The molecule has 16 heavy (non-hydrogen) atoms. The van der Waals surface area contributed by atoms with Gasteiger partial charge in [-0.25, -0.2) is 4.39 Å². The highest BCUT2D eigenvalue weighted by atomic mass is 19.1. The predicted octanol–water partition coefficient (Wildman–Crippen LogP) is 0.762. The van der Waals surface area contributed by atoms with Crippen LogP contribution in [-0.2, 0) is 9.53 Å². The number of hydrogen-bond donors (Lipinski definition) is 1. The third-order valence-electron chi connectivity index (χ3n) is 2.32. The number of benzene rings is 1. The van der Waals surface area contributed by atoms with Crippen LogP contribution >= 0.6 is 0 Å². The topological polar surface area (TPSA) is 55.6 Å². The molecule has 1 aromatic rings. The smallest absolute Gasteiger partial charge is 0.257 e. The molecule has 0 heterocycles. The van der Waals surface area contributed by atoms with Crippen molar-refractivity contribution in [3.05, 3.63) is 30.1 Å². The Balaban J connectivity index is 2.81. The average molecular weight is 226 g/mol. The zero-order valence-electron chi connectivity index (χ0n) is 9.31. The highest BCUT2D eigenvalue weighted by Gasteiger charge is 2.20. The third kappa shape index (κ3) is 2.77. The summed E-state index contributed by atoms with van der Waals surface area (Å²) in [5.41, 5.74) is 5.99. The molecule has 2 N–H and O–H groups in total. The van der Waals surface area contributed by atoms with E-state index in [0.717, 1.165) is 0 Å². The van der Waals surface area contributed by atoms with Crippen molar-refractivity contribution >= 4 is 11.6 Å². The summed E-state index contributed by atoms with van der Waals surface area (Å²) < 4.78 is 17.6. The lowest BCUT2D eigenvalue weighted by molar-refractivity contribution is -0.127. The minimum atomic E-state index is -0.671. The first-order valence-electron chi connectivity index (χ1n) is 4.86. The normalized spacial score (nSPS) is 12.2. The van der Waals surface area contributed by atoms with E-state index in [1.165, 1.54) is 36.3 Å². The monoisotopic (exact) mass is 226 g/mol. The maximum atomic E-state index is 12.7. The highest BCUT2D eigenvalue weighted by molar-refractivity contribution is 5.96. The number of methoxy groups -OCH3 is 1. The number of carbonyl (C=O) groups is 1. The van der Waals surface area contributed by atoms with Gasteiger partial charge in [0.15, 0.2) is 0 Å². The Hall–Kier alpha value is -1.46. The Labute approximate surface area is 93.8 Å². The minimum absolute atomic E-state index is 0.112. The van der Waals surface area contributed by atoms with Gasteiger partial charge in [0, 0.05) is 26.4 Å². The molecule has 0 aliphatic heterocycles. The number of carbonyl (C=O) groups excluding carboxylic acids is 1. The maximum absolute atomic E-state index is 12.7. The van der Waals surface area contributed by atoms with Crippen molar-refractivity contribution in [3.8, 4) is 0 Å². The molecule has 0 saturated heterocycles. The van der Waals surface area contributed by atoms with Crippen molar-refractivity contribution in [2.75, 3.05) is 25.6 Å². The molecule has 5 heteroatoms. The van der Waals surface area contributed by atoms with Crippen LogP contribution in [0.15, 0.2) is 24.3 Å². The Morgan fingerprint density at radius 3 is 2.50 bits per heavy atom. The number of ether oxygens (including phenoxy) is 1. The van der Waals surface area contributed by atoms with Gasteiger partial charge < -0.3 is 15.4 Å². The van der Waals surface area contributed by atoms with Crippen LogP contribution in [0.5, 0.6) is 0 Å². The van der Waals surface area contributed by atoms with E-state index in [-0.39, 0.29) is 18.3 Å². The molecule has 1 unspecified atom stereocenters. The molecule has 0 aliphatic rings. The minimum Gasteiger partial charge on any atom is -0.370 e. The number of amides is 1. The van der Waals surface area contributed by atoms with Crippen molar-refractivity contribution in [2.45, 2.75) is 6.10 Å². The summed E-state index contributed by atoms with van der Waals surface area (Å²) in [7, 11) is 3.02. The van der Waals surface area contributed by atoms with Crippen LogP contribution in [0.3, 0.4) is 0 Å². The van der Waals surface area contributed by atoms with Gasteiger partial charge in [0.05, 0.1) is 0 Å². The third-order valence-corrected chi connectivity index (χ3v) is 2.32. The van der Waals surface area contributed by atoms with E-state index in [9.17, 15) is 9.18 Å². The second kappa shape index (κ2) is 5.58. The Bertz CT molecular complexity index is 350. The number of nitrogens with two attached hydrogens (primary N) is 1. The molecular formula is C11H15FN2O2. The second-order valence-electron chi connectivity index (χ2n) is 3.33. The van der Waals surface area contributed by atoms with E-state index in [1.54, 1.807) is 7.05 Å². The summed E-state index contributed by atoms with van der Waals surface area (Å²) in [4.78, 5) is 13.2. The number of nitrogens with zero attached hydrogens (tertiary/aromatic N) is 1.